The third-order valence-corrected chi connectivity index (χ3v) is 6.29. The van der Waals surface area contributed by atoms with Gasteiger partial charge in [-0.05, 0) is 21.7 Å². The maximum Gasteiger partial charge on any atom is 0.206 e. The van der Waals surface area contributed by atoms with Gasteiger partial charge >= 0.3 is 0 Å². The molecule has 0 amide bonds. The van der Waals surface area contributed by atoms with E-state index in [4.69, 9.17) is 0 Å². The number of nitrogens with zero attached hydrogens (tertiary/aromatic N) is 7. The van der Waals surface area contributed by atoms with Crippen LogP contribution in [0.5, 0.6) is 0 Å². The first kappa shape index (κ1) is 19.1. The van der Waals surface area contributed by atoms with Crippen LogP contribution < -0.4 is 4.90 Å². The molecular formula is C19H27N8S+. The highest BCUT2D eigenvalue weighted by Gasteiger charge is 2.28. The molecule has 0 radical (unpaired) electrons. The van der Waals surface area contributed by atoms with Gasteiger partial charge in [-0.15, -0.1) is 15.3 Å². The van der Waals surface area contributed by atoms with E-state index in [2.05, 4.69) is 56.4 Å². The number of hydrogen-bond donors (Lipinski definition) is 1. The Morgan fingerprint density at radius 1 is 1.11 bits per heavy atom. The molecule has 1 aromatic carbocycles. The second-order valence-electron chi connectivity index (χ2n) is 7.27. The van der Waals surface area contributed by atoms with Gasteiger partial charge in [0.25, 0.3) is 0 Å². The Morgan fingerprint density at radius 2 is 1.89 bits per heavy atom. The van der Waals surface area contributed by atoms with Gasteiger partial charge in [0.1, 0.15) is 12.4 Å². The summed E-state index contributed by atoms with van der Waals surface area (Å²) in [5.74, 6) is 3.60. The maximum atomic E-state index is 4.47. The molecule has 148 valence electrons. The van der Waals surface area contributed by atoms with Gasteiger partial charge in [-0.3, -0.25) is 0 Å². The Labute approximate surface area is 169 Å². The molecule has 8 nitrogen and oxygen atoms in total. The van der Waals surface area contributed by atoms with Crippen LogP contribution in [0.4, 0.5) is 0 Å². The fourth-order valence-electron chi connectivity index (χ4n) is 3.85. The van der Waals surface area contributed by atoms with E-state index in [1.807, 2.05) is 22.9 Å². The molecule has 1 aliphatic heterocycles. The van der Waals surface area contributed by atoms with Crippen molar-refractivity contribution >= 4 is 11.8 Å². The highest BCUT2D eigenvalue weighted by molar-refractivity contribution is 7.99. The standard InChI is InChI=1S/C19H26N8S/c1-3-28-19-22-21-18(25(19)2)16-9-11-26(12-10-16)14-17-20-23-24-27(17)13-15-7-5-4-6-8-15/h4-8,16H,3,9-14H2,1-2H3/p+1. The number of nitrogens with one attached hydrogen (secondary N) is 1. The van der Waals surface area contributed by atoms with Gasteiger partial charge < -0.3 is 9.47 Å². The first-order valence-corrected chi connectivity index (χ1v) is 10.9. The van der Waals surface area contributed by atoms with Crippen LogP contribution in [0.25, 0.3) is 0 Å². The van der Waals surface area contributed by atoms with Gasteiger partial charge in [0.05, 0.1) is 19.6 Å². The number of tetrazole rings is 1. The van der Waals surface area contributed by atoms with Gasteiger partial charge in [0.2, 0.25) is 5.82 Å². The van der Waals surface area contributed by atoms with E-state index < -0.39 is 0 Å². The molecule has 1 fully saturated rings. The molecule has 28 heavy (non-hydrogen) atoms. The molecule has 2 aromatic heterocycles. The quantitative estimate of drug-likeness (QED) is 0.596. The number of piperidine rings is 1. The number of aromatic nitrogens is 7. The number of benzene rings is 1. The van der Waals surface area contributed by atoms with Crippen LogP contribution in [0.3, 0.4) is 0 Å². The lowest BCUT2D eigenvalue weighted by Gasteiger charge is -2.28. The normalized spacial score (nSPS) is 19.8. The minimum Gasteiger partial charge on any atom is -0.328 e. The lowest BCUT2D eigenvalue weighted by atomic mass is 9.96. The van der Waals surface area contributed by atoms with E-state index in [-0.39, 0.29) is 0 Å². The van der Waals surface area contributed by atoms with Crippen molar-refractivity contribution in [1.29, 1.82) is 0 Å². The summed E-state index contributed by atoms with van der Waals surface area (Å²) in [6, 6.07) is 10.3. The number of likely N-dealkylation sites (tertiary alicyclic amines) is 1. The molecule has 4 rings (SSSR count). The van der Waals surface area contributed by atoms with Crippen molar-refractivity contribution < 1.29 is 4.90 Å². The van der Waals surface area contributed by atoms with Gasteiger partial charge in [-0.2, -0.15) is 0 Å². The fourth-order valence-corrected chi connectivity index (χ4v) is 4.49. The summed E-state index contributed by atoms with van der Waals surface area (Å²) in [7, 11) is 2.09. The molecule has 0 saturated carbocycles. The largest absolute Gasteiger partial charge is 0.328 e. The van der Waals surface area contributed by atoms with Crippen LogP contribution in [0.2, 0.25) is 0 Å². The van der Waals surface area contributed by atoms with Gasteiger partial charge in [-0.1, -0.05) is 49.0 Å². The molecule has 3 aromatic rings. The molecule has 1 aliphatic rings. The van der Waals surface area contributed by atoms with Crippen LogP contribution in [0.1, 0.15) is 42.9 Å². The SMILES string of the molecule is CCSc1nnc(C2CC[NH+](Cc3nnnn3Cc3ccccc3)CC2)n1C. The highest BCUT2D eigenvalue weighted by Crippen LogP contribution is 2.25. The topological polar surface area (TPSA) is 78.8 Å². The minimum absolute atomic E-state index is 0.493. The van der Waals surface area contributed by atoms with Gasteiger partial charge in [-0.25, -0.2) is 4.68 Å². The molecule has 0 bridgehead atoms. The average Bonchev–Trinajstić information content (AvgIpc) is 3.31. The van der Waals surface area contributed by atoms with Crippen LogP contribution in [0, 0.1) is 0 Å². The van der Waals surface area contributed by atoms with Crippen molar-refractivity contribution in [3.05, 3.63) is 47.5 Å². The van der Waals surface area contributed by atoms with E-state index in [0.29, 0.717) is 5.92 Å². The smallest absolute Gasteiger partial charge is 0.206 e. The number of hydrogen-bond acceptors (Lipinski definition) is 6. The summed E-state index contributed by atoms with van der Waals surface area (Å²) in [4.78, 5) is 1.53. The minimum atomic E-state index is 0.493. The van der Waals surface area contributed by atoms with Crippen molar-refractivity contribution in [2.45, 2.75) is 43.9 Å². The van der Waals surface area contributed by atoms with Gasteiger partial charge in [0.15, 0.2) is 5.16 Å². The lowest BCUT2D eigenvalue weighted by molar-refractivity contribution is -0.919. The Hall–Kier alpha value is -2.26. The summed E-state index contributed by atoms with van der Waals surface area (Å²) in [6.45, 7) is 5.93. The van der Waals surface area contributed by atoms with Crippen LogP contribution >= 0.6 is 11.8 Å². The Morgan fingerprint density at radius 3 is 2.64 bits per heavy atom. The van der Waals surface area contributed by atoms with E-state index in [1.165, 1.54) is 10.5 Å². The number of quaternary nitrogens is 1. The van der Waals surface area contributed by atoms with E-state index in [0.717, 1.165) is 61.6 Å². The number of thioether (sulfide) groups is 1. The summed E-state index contributed by atoms with van der Waals surface area (Å²) in [5.41, 5.74) is 1.22. The molecule has 0 aliphatic carbocycles. The summed E-state index contributed by atoms with van der Waals surface area (Å²) in [6.07, 6.45) is 2.25. The van der Waals surface area contributed by atoms with Crippen molar-refractivity contribution in [3.63, 3.8) is 0 Å². The molecule has 0 unspecified atom stereocenters. The van der Waals surface area contributed by atoms with Crippen LogP contribution in [0.15, 0.2) is 35.5 Å². The molecular weight excluding hydrogens is 372 g/mol. The van der Waals surface area contributed by atoms with E-state index in [9.17, 15) is 0 Å². The molecule has 9 heteroatoms. The molecule has 0 spiro atoms. The van der Waals surface area contributed by atoms with E-state index >= 15 is 0 Å². The zero-order chi connectivity index (χ0) is 19.3. The summed E-state index contributed by atoms with van der Waals surface area (Å²) in [5, 5.41) is 22.2. The lowest BCUT2D eigenvalue weighted by Crippen LogP contribution is -3.11. The zero-order valence-electron chi connectivity index (χ0n) is 16.5. The van der Waals surface area contributed by atoms with Crippen molar-refractivity contribution in [2.24, 2.45) is 7.05 Å². The second kappa shape index (κ2) is 8.83. The van der Waals surface area contributed by atoms with Crippen molar-refractivity contribution in [2.75, 3.05) is 18.8 Å². The third kappa shape index (κ3) is 4.25. The van der Waals surface area contributed by atoms with Crippen molar-refractivity contribution in [3.8, 4) is 0 Å². The third-order valence-electron chi connectivity index (χ3n) is 5.39. The Bertz CT molecular complexity index is 882. The first-order valence-electron chi connectivity index (χ1n) is 9.89. The second-order valence-corrected chi connectivity index (χ2v) is 8.50. The molecule has 1 saturated heterocycles. The maximum absolute atomic E-state index is 4.47. The highest BCUT2D eigenvalue weighted by atomic mass is 32.2. The Balaban J connectivity index is 1.35. The predicted octanol–water partition coefficient (Wildman–Crippen LogP) is 0.924. The predicted molar refractivity (Wildman–Crippen MR) is 107 cm³/mol. The monoisotopic (exact) mass is 399 g/mol. The molecule has 0 atom stereocenters. The van der Waals surface area contributed by atoms with Crippen LogP contribution in [-0.2, 0) is 20.1 Å². The average molecular weight is 400 g/mol. The van der Waals surface area contributed by atoms with Gasteiger partial charge in [0, 0.05) is 25.8 Å². The zero-order valence-corrected chi connectivity index (χ0v) is 17.3. The first-order chi connectivity index (χ1) is 13.7. The van der Waals surface area contributed by atoms with E-state index in [1.54, 1.807) is 11.8 Å². The fraction of sp³-hybridized carbons (Fsp3) is 0.526. The summed E-state index contributed by atoms with van der Waals surface area (Å²) >= 11 is 1.75. The van der Waals surface area contributed by atoms with Crippen LogP contribution in [-0.4, -0.2) is 53.8 Å². The van der Waals surface area contributed by atoms with Crippen molar-refractivity contribution in [1.82, 2.24) is 35.0 Å². The molecule has 1 N–H and O–H groups in total. The Kier molecular flexibility index (Phi) is 6.01. The summed E-state index contributed by atoms with van der Waals surface area (Å²) < 4.78 is 4.09. The molecule has 3 heterocycles. The number of rotatable bonds is 7.